The summed E-state index contributed by atoms with van der Waals surface area (Å²) in [5.41, 5.74) is 4.81. The Morgan fingerprint density at radius 3 is 2.77 bits per heavy atom. The Labute approximate surface area is 169 Å². The molecule has 0 radical (unpaired) electrons. The first kappa shape index (κ1) is 19.0. The average molecular weight is 405 g/mol. The molecule has 11 nitrogen and oxygen atoms in total. The van der Waals surface area contributed by atoms with E-state index >= 15 is 0 Å². The molecule has 1 aromatic carbocycles. The number of hydrogen-bond donors (Lipinski definition) is 3. The number of aliphatic hydroxyl groups is 1. The molecule has 1 unspecified atom stereocenters. The van der Waals surface area contributed by atoms with Crippen LogP contribution >= 0.6 is 0 Å². The molecule has 150 valence electrons. The van der Waals surface area contributed by atoms with Crippen molar-refractivity contribution in [3.8, 4) is 17.7 Å². The standard InChI is InChI=1S/C19H15N7O4/c1-10-22-17(25-30-10)19(2,29)7-5-11-3-4-12-13(9-11)26(24-15(12)16(27)28)14-6-8-21-18(20)23-14/h3-4,6,8-9,29H,1-2H3,(H,27,28)(H2,20,21,23). The number of nitrogen functional groups attached to an aromatic ring is 1. The zero-order valence-electron chi connectivity index (χ0n) is 15.9. The molecule has 3 heterocycles. The summed E-state index contributed by atoms with van der Waals surface area (Å²) in [6, 6.07) is 6.40. The van der Waals surface area contributed by atoms with Crippen LogP contribution in [0.2, 0.25) is 0 Å². The fraction of sp³-hybridized carbons (Fsp3) is 0.158. The van der Waals surface area contributed by atoms with Gasteiger partial charge in [0.25, 0.3) is 0 Å². The molecule has 30 heavy (non-hydrogen) atoms. The number of carboxylic acids is 1. The number of fused-ring (bicyclic) bond motifs is 1. The predicted molar refractivity (Wildman–Crippen MR) is 104 cm³/mol. The first-order valence-electron chi connectivity index (χ1n) is 8.66. The lowest BCUT2D eigenvalue weighted by atomic mass is 10.1. The highest BCUT2D eigenvalue weighted by molar-refractivity contribution is 6.01. The van der Waals surface area contributed by atoms with Crippen LogP contribution in [0.3, 0.4) is 0 Å². The van der Waals surface area contributed by atoms with Crippen LogP contribution in [0.1, 0.15) is 34.7 Å². The van der Waals surface area contributed by atoms with Gasteiger partial charge >= 0.3 is 5.97 Å². The second-order valence-corrected chi connectivity index (χ2v) is 6.53. The average Bonchev–Trinajstić information content (AvgIpc) is 3.30. The van der Waals surface area contributed by atoms with Crippen LogP contribution in [-0.2, 0) is 5.60 Å². The summed E-state index contributed by atoms with van der Waals surface area (Å²) < 4.78 is 6.23. The third kappa shape index (κ3) is 3.43. The SMILES string of the molecule is Cc1nc(C(C)(O)C#Cc2ccc3c(C(=O)O)nn(-c4ccnc(N)n4)c3c2)no1. The molecule has 11 heteroatoms. The third-order valence-corrected chi connectivity index (χ3v) is 4.17. The number of rotatable bonds is 3. The van der Waals surface area contributed by atoms with Crippen LogP contribution in [0.25, 0.3) is 16.7 Å². The molecule has 1 atom stereocenters. The minimum Gasteiger partial charge on any atom is -0.476 e. The fourth-order valence-electron chi connectivity index (χ4n) is 2.75. The van der Waals surface area contributed by atoms with Gasteiger partial charge in [-0.15, -0.1) is 0 Å². The van der Waals surface area contributed by atoms with Gasteiger partial charge < -0.3 is 20.5 Å². The number of carboxylic acid groups (broad SMARTS) is 1. The molecule has 0 aliphatic carbocycles. The Kier molecular flexibility index (Phi) is 4.41. The summed E-state index contributed by atoms with van der Waals surface area (Å²) in [5, 5.41) is 28.2. The van der Waals surface area contributed by atoms with Crippen LogP contribution in [0.15, 0.2) is 35.0 Å². The first-order chi connectivity index (χ1) is 14.2. The minimum absolute atomic E-state index is 0.0235. The number of benzene rings is 1. The van der Waals surface area contributed by atoms with Gasteiger partial charge in [0.05, 0.1) is 5.52 Å². The van der Waals surface area contributed by atoms with Gasteiger partial charge in [-0.25, -0.2) is 14.5 Å². The Hall–Kier alpha value is -4.30. The lowest BCUT2D eigenvalue weighted by Crippen LogP contribution is -2.20. The summed E-state index contributed by atoms with van der Waals surface area (Å²) >= 11 is 0. The molecule has 0 bridgehead atoms. The number of anilines is 1. The fourth-order valence-corrected chi connectivity index (χ4v) is 2.75. The Bertz CT molecular complexity index is 1340. The van der Waals surface area contributed by atoms with Crippen LogP contribution in [0, 0.1) is 18.8 Å². The van der Waals surface area contributed by atoms with E-state index in [9.17, 15) is 15.0 Å². The highest BCUT2D eigenvalue weighted by atomic mass is 16.5. The number of nitrogens with two attached hydrogens (primary N) is 1. The van der Waals surface area contributed by atoms with E-state index in [2.05, 4.69) is 37.0 Å². The van der Waals surface area contributed by atoms with Crippen molar-refractivity contribution in [3.63, 3.8) is 0 Å². The van der Waals surface area contributed by atoms with Gasteiger partial charge in [-0.3, -0.25) is 0 Å². The van der Waals surface area contributed by atoms with Crippen molar-refractivity contribution in [2.75, 3.05) is 5.73 Å². The monoisotopic (exact) mass is 405 g/mol. The third-order valence-electron chi connectivity index (χ3n) is 4.17. The summed E-state index contributed by atoms with van der Waals surface area (Å²) in [6.45, 7) is 3.05. The normalized spacial score (nSPS) is 12.9. The van der Waals surface area contributed by atoms with E-state index in [0.717, 1.165) is 0 Å². The van der Waals surface area contributed by atoms with Crippen molar-refractivity contribution >= 4 is 22.8 Å². The van der Waals surface area contributed by atoms with Crippen molar-refractivity contribution in [2.45, 2.75) is 19.4 Å². The van der Waals surface area contributed by atoms with Crippen molar-refractivity contribution in [1.82, 2.24) is 29.9 Å². The van der Waals surface area contributed by atoms with Gasteiger partial charge in [-0.1, -0.05) is 17.0 Å². The highest BCUT2D eigenvalue weighted by Crippen LogP contribution is 2.23. The molecule has 0 amide bonds. The molecule has 0 spiro atoms. The van der Waals surface area contributed by atoms with Crippen LogP contribution in [-0.4, -0.2) is 46.1 Å². The maximum atomic E-state index is 11.6. The van der Waals surface area contributed by atoms with Crippen LogP contribution in [0.4, 0.5) is 5.95 Å². The van der Waals surface area contributed by atoms with E-state index in [4.69, 9.17) is 10.3 Å². The molecule has 4 rings (SSSR count). The zero-order valence-corrected chi connectivity index (χ0v) is 15.9. The van der Waals surface area contributed by atoms with Gasteiger partial charge in [0.1, 0.15) is 0 Å². The lowest BCUT2D eigenvalue weighted by Gasteiger charge is -2.10. The molecule has 0 aliphatic rings. The second-order valence-electron chi connectivity index (χ2n) is 6.53. The molecule has 0 fully saturated rings. The maximum absolute atomic E-state index is 11.6. The zero-order chi connectivity index (χ0) is 21.5. The van der Waals surface area contributed by atoms with Crippen molar-refractivity contribution in [1.29, 1.82) is 0 Å². The van der Waals surface area contributed by atoms with Gasteiger partial charge in [-0.05, 0) is 25.1 Å². The van der Waals surface area contributed by atoms with Crippen molar-refractivity contribution in [2.24, 2.45) is 0 Å². The summed E-state index contributed by atoms with van der Waals surface area (Å²) in [7, 11) is 0. The van der Waals surface area contributed by atoms with E-state index in [1.807, 2.05) is 0 Å². The summed E-state index contributed by atoms with van der Waals surface area (Å²) in [6.07, 6.45) is 1.44. The summed E-state index contributed by atoms with van der Waals surface area (Å²) in [5.74, 6) is 5.04. The molecule has 0 aliphatic heterocycles. The Balaban J connectivity index is 1.83. The number of carbonyl (C=O) groups is 1. The first-order valence-corrected chi connectivity index (χ1v) is 8.66. The lowest BCUT2D eigenvalue weighted by molar-refractivity contribution is 0.0692. The number of hydrogen-bond acceptors (Lipinski definition) is 9. The summed E-state index contributed by atoms with van der Waals surface area (Å²) in [4.78, 5) is 23.5. The maximum Gasteiger partial charge on any atom is 0.357 e. The Morgan fingerprint density at radius 1 is 1.30 bits per heavy atom. The number of aromatic nitrogens is 6. The van der Waals surface area contributed by atoms with Gasteiger partial charge in [0.2, 0.25) is 17.7 Å². The van der Waals surface area contributed by atoms with E-state index in [-0.39, 0.29) is 17.5 Å². The van der Waals surface area contributed by atoms with Crippen LogP contribution < -0.4 is 5.73 Å². The number of aryl methyl sites for hydroxylation is 1. The largest absolute Gasteiger partial charge is 0.476 e. The molecule has 4 N–H and O–H groups in total. The Morgan fingerprint density at radius 2 is 2.10 bits per heavy atom. The quantitative estimate of drug-likeness (QED) is 0.419. The molecular weight excluding hydrogens is 390 g/mol. The van der Waals surface area contributed by atoms with E-state index < -0.39 is 11.6 Å². The van der Waals surface area contributed by atoms with E-state index in [1.54, 1.807) is 31.2 Å². The topological polar surface area (TPSA) is 166 Å². The predicted octanol–water partition coefficient (Wildman–Crippen LogP) is 1.05. The second kappa shape index (κ2) is 6.94. The smallest absolute Gasteiger partial charge is 0.357 e. The van der Waals surface area contributed by atoms with Gasteiger partial charge in [0.15, 0.2) is 17.1 Å². The molecule has 4 aromatic rings. The molecule has 0 saturated carbocycles. The molecule has 3 aromatic heterocycles. The molecular formula is C19H15N7O4. The van der Waals surface area contributed by atoms with Crippen molar-refractivity contribution in [3.05, 3.63) is 53.4 Å². The van der Waals surface area contributed by atoms with Gasteiger partial charge in [-0.2, -0.15) is 15.1 Å². The molecule has 0 saturated heterocycles. The highest BCUT2D eigenvalue weighted by Gasteiger charge is 2.26. The minimum atomic E-state index is -1.64. The van der Waals surface area contributed by atoms with E-state index in [1.165, 1.54) is 17.8 Å². The van der Waals surface area contributed by atoms with Crippen molar-refractivity contribution < 1.29 is 19.5 Å². The van der Waals surface area contributed by atoms with Gasteiger partial charge in [0, 0.05) is 30.1 Å². The van der Waals surface area contributed by atoms with E-state index in [0.29, 0.717) is 28.2 Å². The van der Waals surface area contributed by atoms with Crippen LogP contribution in [0.5, 0.6) is 0 Å². The number of aromatic carboxylic acids is 1. The number of nitrogens with zero attached hydrogens (tertiary/aromatic N) is 6.